The van der Waals surface area contributed by atoms with Crippen LogP contribution in [0, 0.1) is 6.92 Å². The molecule has 2 rings (SSSR count). The van der Waals surface area contributed by atoms with Gasteiger partial charge in [-0.2, -0.15) is 0 Å². The zero-order valence-electron chi connectivity index (χ0n) is 13.1. The van der Waals surface area contributed by atoms with E-state index in [0.717, 1.165) is 11.4 Å². The van der Waals surface area contributed by atoms with E-state index in [1.54, 1.807) is 11.8 Å². The van der Waals surface area contributed by atoms with Crippen molar-refractivity contribution in [2.24, 2.45) is 0 Å². The van der Waals surface area contributed by atoms with Crippen molar-refractivity contribution in [3.05, 3.63) is 53.6 Å². The van der Waals surface area contributed by atoms with Gasteiger partial charge in [-0.25, -0.2) is 0 Å². The third-order valence-corrected chi connectivity index (χ3v) is 4.17. The highest BCUT2D eigenvalue weighted by Crippen LogP contribution is 2.30. The molecule has 3 heteroatoms. The average Bonchev–Trinajstić information content (AvgIpc) is 2.50. The van der Waals surface area contributed by atoms with E-state index in [-0.39, 0.29) is 6.04 Å². The van der Waals surface area contributed by atoms with E-state index in [4.69, 9.17) is 4.74 Å². The minimum absolute atomic E-state index is 0.239. The summed E-state index contributed by atoms with van der Waals surface area (Å²) in [6.45, 7) is 6.94. The standard InChI is InChI=1S/C18H23NOS/c1-5-20-18-12-13(2)6-11-17(18)19-14(3)15-7-9-16(21-4)10-8-15/h6-12,14,19H,5H2,1-4H3. The Morgan fingerprint density at radius 2 is 1.86 bits per heavy atom. The van der Waals surface area contributed by atoms with E-state index in [9.17, 15) is 0 Å². The first-order valence-corrected chi connectivity index (χ1v) is 8.50. The maximum atomic E-state index is 5.73. The number of nitrogens with one attached hydrogen (secondary N) is 1. The van der Waals surface area contributed by atoms with Gasteiger partial charge in [0, 0.05) is 10.9 Å². The Bertz CT molecular complexity index is 580. The number of hydrogen-bond acceptors (Lipinski definition) is 3. The lowest BCUT2D eigenvalue weighted by atomic mass is 10.1. The highest BCUT2D eigenvalue weighted by Gasteiger charge is 2.09. The van der Waals surface area contributed by atoms with Gasteiger partial charge in [-0.05, 0) is 62.4 Å². The molecule has 0 radical (unpaired) electrons. The molecule has 2 nitrogen and oxygen atoms in total. The molecule has 0 bridgehead atoms. The first-order chi connectivity index (χ1) is 10.1. The van der Waals surface area contributed by atoms with E-state index in [2.05, 4.69) is 67.9 Å². The van der Waals surface area contributed by atoms with E-state index >= 15 is 0 Å². The Morgan fingerprint density at radius 1 is 1.14 bits per heavy atom. The summed E-state index contributed by atoms with van der Waals surface area (Å²) in [5.74, 6) is 0.921. The molecule has 0 spiro atoms. The molecule has 1 unspecified atom stereocenters. The zero-order valence-corrected chi connectivity index (χ0v) is 14.0. The van der Waals surface area contributed by atoms with Gasteiger partial charge in [0.25, 0.3) is 0 Å². The molecule has 2 aromatic rings. The van der Waals surface area contributed by atoms with Gasteiger partial charge in [-0.3, -0.25) is 0 Å². The fourth-order valence-electron chi connectivity index (χ4n) is 2.23. The highest BCUT2D eigenvalue weighted by atomic mass is 32.2. The topological polar surface area (TPSA) is 21.3 Å². The van der Waals surface area contributed by atoms with Crippen molar-refractivity contribution in [1.29, 1.82) is 0 Å². The lowest BCUT2D eigenvalue weighted by Crippen LogP contribution is -2.08. The molecule has 0 fully saturated rings. The minimum atomic E-state index is 0.239. The predicted molar refractivity (Wildman–Crippen MR) is 92.6 cm³/mol. The molecule has 1 N–H and O–H groups in total. The zero-order chi connectivity index (χ0) is 15.2. The Morgan fingerprint density at radius 3 is 2.48 bits per heavy atom. The Labute approximate surface area is 131 Å². The van der Waals surface area contributed by atoms with Crippen molar-refractivity contribution in [1.82, 2.24) is 0 Å². The predicted octanol–water partition coefficient (Wildman–Crippen LogP) is 5.29. The van der Waals surface area contributed by atoms with Gasteiger partial charge >= 0.3 is 0 Å². The van der Waals surface area contributed by atoms with Crippen molar-refractivity contribution >= 4 is 17.4 Å². The highest BCUT2D eigenvalue weighted by molar-refractivity contribution is 7.98. The summed E-state index contributed by atoms with van der Waals surface area (Å²) < 4.78 is 5.73. The Kier molecular flexibility index (Phi) is 5.57. The summed E-state index contributed by atoms with van der Waals surface area (Å²) in [6, 6.07) is 15.2. The fourth-order valence-corrected chi connectivity index (χ4v) is 2.64. The van der Waals surface area contributed by atoms with Crippen LogP contribution < -0.4 is 10.1 Å². The number of thioether (sulfide) groups is 1. The first-order valence-electron chi connectivity index (χ1n) is 7.28. The van der Waals surface area contributed by atoms with Crippen LogP contribution in [0.5, 0.6) is 5.75 Å². The number of hydrogen-bond donors (Lipinski definition) is 1. The molecular weight excluding hydrogens is 278 g/mol. The second kappa shape index (κ2) is 7.41. The molecule has 0 heterocycles. The lowest BCUT2D eigenvalue weighted by Gasteiger charge is -2.19. The summed E-state index contributed by atoms with van der Waals surface area (Å²) in [5, 5.41) is 3.54. The third kappa shape index (κ3) is 4.18. The number of ether oxygens (including phenoxy) is 1. The van der Waals surface area contributed by atoms with Gasteiger partial charge in [0.05, 0.1) is 12.3 Å². The molecule has 0 aliphatic carbocycles. The molecule has 0 saturated heterocycles. The summed E-state index contributed by atoms with van der Waals surface area (Å²) in [7, 11) is 0. The fraction of sp³-hybridized carbons (Fsp3) is 0.333. The van der Waals surface area contributed by atoms with Crippen molar-refractivity contribution in [2.75, 3.05) is 18.2 Å². The van der Waals surface area contributed by atoms with Gasteiger partial charge in [-0.1, -0.05) is 18.2 Å². The van der Waals surface area contributed by atoms with Crippen molar-refractivity contribution in [2.45, 2.75) is 31.7 Å². The molecule has 0 aliphatic heterocycles. The molecule has 0 aromatic heterocycles. The van der Waals surface area contributed by atoms with Gasteiger partial charge in [0.2, 0.25) is 0 Å². The van der Waals surface area contributed by atoms with Crippen molar-refractivity contribution < 1.29 is 4.74 Å². The van der Waals surface area contributed by atoms with E-state index < -0.39 is 0 Å². The number of benzene rings is 2. The monoisotopic (exact) mass is 301 g/mol. The molecule has 0 amide bonds. The maximum absolute atomic E-state index is 5.73. The number of aryl methyl sites for hydroxylation is 1. The summed E-state index contributed by atoms with van der Waals surface area (Å²) in [4.78, 5) is 1.29. The minimum Gasteiger partial charge on any atom is -0.492 e. The van der Waals surface area contributed by atoms with Gasteiger partial charge < -0.3 is 10.1 Å². The average molecular weight is 301 g/mol. The van der Waals surface area contributed by atoms with Crippen LogP contribution in [0.4, 0.5) is 5.69 Å². The Hall–Kier alpha value is -1.61. The Balaban J connectivity index is 2.16. The van der Waals surface area contributed by atoms with E-state index in [0.29, 0.717) is 6.61 Å². The molecule has 0 saturated carbocycles. The normalized spacial score (nSPS) is 12.0. The number of anilines is 1. The molecule has 1 atom stereocenters. The second-order valence-electron chi connectivity index (χ2n) is 5.07. The van der Waals surface area contributed by atoms with Crippen LogP contribution in [0.3, 0.4) is 0 Å². The SMILES string of the molecule is CCOc1cc(C)ccc1NC(C)c1ccc(SC)cc1. The van der Waals surface area contributed by atoms with E-state index in [1.807, 2.05) is 6.92 Å². The van der Waals surface area contributed by atoms with Crippen LogP contribution >= 0.6 is 11.8 Å². The van der Waals surface area contributed by atoms with Crippen molar-refractivity contribution in [3.63, 3.8) is 0 Å². The first kappa shape index (κ1) is 15.8. The smallest absolute Gasteiger partial charge is 0.142 e. The van der Waals surface area contributed by atoms with Gasteiger partial charge in [0.1, 0.15) is 5.75 Å². The van der Waals surface area contributed by atoms with Gasteiger partial charge in [0.15, 0.2) is 0 Å². The van der Waals surface area contributed by atoms with Crippen LogP contribution in [0.15, 0.2) is 47.4 Å². The maximum Gasteiger partial charge on any atom is 0.142 e. The van der Waals surface area contributed by atoms with Crippen LogP contribution in [0.25, 0.3) is 0 Å². The molecule has 0 aliphatic rings. The molecule has 21 heavy (non-hydrogen) atoms. The second-order valence-corrected chi connectivity index (χ2v) is 5.95. The summed E-state index contributed by atoms with van der Waals surface area (Å²) in [5.41, 5.74) is 3.53. The quantitative estimate of drug-likeness (QED) is 0.733. The summed E-state index contributed by atoms with van der Waals surface area (Å²) in [6.07, 6.45) is 2.09. The molecule has 2 aromatic carbocycles. The largest absolute Gasteiger partial charge is 0.492 e. The van der Waals surface area contributed by atoms with Crippen molar-refractivity contribution in [3.8, 4) is 5.75 Å². The van der Waals surface area contributed by atoms with Crippen LogP contribution in [-0.4, -0.2) is 12.9 Å². The lowest BCUT2D eigenvalue weighted by molar-refractivity contribution is 0.341. The van der Waals surface area contributed by atoms with Gasteiger partial charge in [-0.15, -0.1) is 11.8 Å². The van der Waals surface area contributed by atoms with E-state index in [1.165, 1.54) is 16.0 Å². The molecule has 112 valence electrons. The van der Waals surface area contributed by atoms with Crippen LogP contribution in [-0.2, 0) is 0 Å². The number of rotatable bonds is 6. The third-order valence-electron chi connectivity index (χ3n) is 3.42. The van der Waals surface area contributed by atoms with Crippen LogP contribution in [0.1, 0.15) is 31.0 Å². The summed E-state index contributed by atoms with van der Waals surface area (Å²) >= 11 is 1.76. The van der Waals surface area contributed by atoms with Crippen LogP contribution in [0.2, 0.25) is 0 Å². The molecular formula is C18H23NOS.